The van der Waals surface area contributed by atoms with Gasteiger partial charge in [-0.3, -0.25) is 10.0 Å². The molecule has 20 heavy (non-hydrogen) atoms. The first kappa shape index (κ1) is 14.1. The molecule has 4 heteroatoms. The van der Waals surface area contributed by atoms with Crippen molar-refractivity contribution in [2.24, 2.45) is 0 Å². The highest BCUT2D eigenvalue weighted by Gasteiger charge is 2.03. The van der Waals surface area contributed by atoms with Crippen LogP contribution >= 0.6 is 0 Å². The van der Waals surface area contributed by atoms with Crippen LogP contribution in [0.5, 0.6) is 0 Å². The molecule has 2 rings (SSSR count). The molecule has 0 aliphatic rings. The number of aromatic nitrogens is 1. The number of carbonyl (C=O) groups excluding carboxylic acids is 1. The first-order valence-electron chi connectivity index (χ1n) is 6.39. The number of amides is 1. The van der Waals surface area contributed by atoms with Gasteiger partial charge in [0.05, 0.1) is 0 Å². The zero-order valence-electron chi connectivity index (χ0n) is 11.9. The molecule has 0 saturated carbocycles. The molecule has 0 atom stereocenters. The summed E-state index contributed by atoms with van der Waals surface area (Å²) in [6.45, 7) is 4.13. The Hall–Kier alpha value is -2.33. The number of aryl methyl sites for hydroxylation is 2. The lowest BCUT2D eigenvalue weighted by Gasteiger charge is -2.09. The zero-order valence-corrected chi connectivity index (χ0v) is 11.9. The fourth-order valence-electron chi connectivity index (χ4n) is 2.09. The van der Waals surface area contributed by atoms with Gasteiger partial charge in [0, 0.05) is 30.2 Å². The van der Waals surface area contributed by atoms with Crippen LogP contribution in [0.2, 0.25) is 0 Å². The second-order valence-electron chi connectivity index (χ2n) is 4.74. The van der Waals surface area contributed by atoms with Crippen LogP contribution in [0, 0.1) is 13.8 Å². The van der Waals surface area contributed by atoms with E-state index < -0.39 is 5.91 Å². The van der Waals surface area contributed by atoms with Gasteiger partial charge < -0.3 is 4.57 Å². The summed E-state index contributed by atoms with van der Waals surface area (Å²) in [7, 11) is 1.30. The first-order valence-corrected chi connectivity index (χ1v) is 6.39. The quantitative estimate of drug-likeness (QED) is 0.529. The Morgan fingerprint density at radius 3 is 2.15 bits per heavy atom. The zero-order chi connectivity index (χ0) is 14.7. The molecule has 104 valence electrons. The van der Waals surface area contributed by atoms with E-state index in [1.807, 2.05) is 24.3 Å². The average molecular weight is 270 g/mol. The third kappa shape index (κ3) is 2.97. The van der Waals surface area contributed by atoms with E-state index in [4.69, 9.17) is 5.21 Å². The van der Waals surface area contributed by atoms with Crippen LogP contribution in [0.15, 0.2) is 42.5 Å². The molecule has 0 aliphatic heterocycles. The van der Waals surface area contributed by atoms with Crippen LogP contribution < -0.4 is 0 Å². The minimum atomic E-state index is -0.453. The van der Waals surface area contributed by atoms with E-state index in [9.17, 15) is 4.79 Å². The van der Waals surface area contributed by atoms with Gasteiger partial charge in [-0.1, -0.05) is 12.1 Å². The smallest absolute Gasteiger partial charge is 0.269 e. The average Bonchev–Trinajstić information content (AvgIpc) is 2.76. The topological polar surface area (TPSA) is 45.5 Å². The number of benzene rings is 1. The monoisotopic (exact) mass is 270 g/mol. The summed E-state index contributed by atoms with van der Waals surface area (Å²) in [5, 5.41) is 9.51. The Morgan fingerprint density at radius 2 is 1.65 bits per heavy atom. The van der Waals surface area contributed by atoms with Crippen LogP contribution in [0.3, 0.4) is 0 Å². The molecule has 4 nitrogen and oxygen atoms in total. The Morgan fingerprint density at radius 1 is 1.10 bits per heavy atom. The number of carbonyl (C=O) groups is 1. The van der Waals surface area contributed by atoms with E-state index >= 15 is 0 Å². The summed E-state index contributed by atoms with van der Waals surface area (Å²) in [6.07, 6.45) is 3.01. The largest absolute Gasteiger partial charge is 0.319 e. The summed E-state index contributed by atoms with van der Waals surface area (Å²) in [5.74, 6) is -0.453. The van der Waals surface area contributed by atoms with Crippen molar-refractivity contribution in [3.63, 3.8) is 0 Å². The fourth-order valence-corrected chi connectivity index (χ4v) is 2.09. The van der Waals surface area contributed by atoms with Gasteiger partial charge in [0.25, 0.3) is 5.91 Å². The minimum absolute atomic E-state index is 0.453. The van der Waals surface area contributed by atoms with E-state index in [-0.39, 0.29) is 0 Å². The third-order valence-electron chi connectivity index (χ3n) is 3.16. The van der Waals surface area contributed by atoms with Gasteiger partial charge in [0.15, 0.2) is 0 Å². The molecule has 1 heterocycles. The van der Waals surface area contributed by atoms with E-state index in [0.717, 1.165) is 11.3 Å². The minimum Gasteiger partial charge on any atom is -0.319 e. The highest BCUT2D eigenvalue weighted by Crippen LogP contribution is 2.17. The summed E-state index contributed by atoms with van der Waals surface area (Å²) in [5.41, 5.74) is 4.37. The molecule has 1 aromatic heterocycles. The van der Waals surface area contributed by atoms with Crippen molar-refractivity contribution in [3.05, 3.63) is 59.4 Å². The summed E-state index contributed by atoms with van der Waals surface area (Å²) in [4.78, 5) is 11.2. The highest BCUT2D eigenvalue weighted by atomic mass is 16.5. The van der Waals surface area contributed by atoms with Gasteiger partial charge in [0.2, 0.25) is 0 Å². The van der Waals surface area contributed by atoms with E-state index in [1.54, 1.807) is 6.08 Å². The third-order valence-corrected chi connectivity index (χ3v) is 3.16. The molecule has 0 unspecified atom stereocenters. The molecule has 1 N–H and O–H groups in total. The van der Waals surface area contributed by atoms with Gasteiger partial charge in [0.1, 0.15) is 0 Å². The van der Waals surface area contributed by atoms with Crippen molar-refractivity contribution in [3.8, 4) is 5.69 Å². The number of hydroxylamine groups is 2. The second-order valence-corrected chi connectivity index (χ2v) is 4.74. The predicted molar refractivity (Wildman–Crippen MR) is 78.8 cm³/mol. The van der Waals surface area contributed by atoms with E-state index in [2.05, 4.69) is 30.5 Å². The molecule has 0 fully saturated rings. The number of likely N-dealkylation sites (N-methyl/N-ethyl adjacent to an activating group) is 1. The first-order chi connectivity index (χ1) is 9.49. The second kappa shape index (κ2) is 5.75. The van der Waals surface area contributed by atoms with Crippen molar-refractivity contribution in [2.45, 2.75) is 13.8 Å². The predicted octanol–water partition coefficient (Wildman–Crippen LogP) is 2.95. The van der Waals surface area contributed by atoms with Crippen molar-refractivity contribution in [1.82, 2.24) is 9.63 Å². The van der Waals surface area contributed by atoms with Crippen molar-refractivity contribution < 1.29 is 10.0 Å². The molecule has 0 aliphatic carbocycles. The highest BCUT2D eigenvalue weighted by molar-refractivity contribution is 5.90. The van der Waals surface area contributed by atoms with Gasteiger partial charge in [-0.15, -0.1) is 0 Å². The summed E-state index contributed by atoms with van der Waals surface area (Å²) >= 11 is 0. The lowest BCUT2D eigenvalue weighted by atomic mass is 10.2. The van der Waals surface area contributed by atoms with Crippen LogP contribution in [0.4, 0.5) is 0 Å². The SMILES string of the molecule is Cc1ccc(C)n1-c1ccc(/C=C/C(=O)N(C)O)cc1. The Balaban J connectivity index is 2.21. The standard InChI is InChI=1S/C16H18N2O2/c1-12-4-5-13(2)18(12)15-9-6-14(7-10-15)8-11-16(19)17(3)20/h4-11,20H,1-3H3/b11-8+. The maximum atomic E-state index is 11.2. The van der Waals surface area contributed by atoms with Crippen LogP contribution in [-0.4, -0.2) is 27.8 Å². The normalized spacial score (nSPS) is 11.0. The maximum Gasteiger partial charge on any atom is 0.269 e. The maximum absolute atomic E-state index is 11.2. The van der Waals surface area contributed by atoms with Crippen molar-refractivity contribution in [2.75, 3.05) is 7.05 Å². The Kier molecular flexibility index (Phi) is 4.05. The molecular weight excluding hydrogens is 252 g/mol. The molecule has 1 aromatic carbocycles. The van der Waals surface area contributed by atoms with E-state index in [0.29, 0.717) is 5.06 Å². The van der Waals surface area contributed by atoms with Crippen LogP contribution in [0.1, 0.15) is 17.0 Å². The molecule has 0 radical (unpaired) electrons. The number of hydrogen-bond donors (Lipinski definition) is 1. The number of hydrogen-bond acceptors (Lipinski definition) is 2. The van der Waals surface area contributed by atoms with Crippen molar-refractivity contribution >= 4 is 12.0 Å². The lowest BCUT2D eigenvalue weighted by Crippen LogP contribution is -2.19. The van der Waals surface area contributed by atoms with Crippen molar-refractivity contribution in [1.29, 1.82) is 0 Å². The van der Waals surface area contributed by atoms with Gasteiger partial charge in [-0.25, -0.2) is 5.06 Å². The molecular formula is C16H18N2O2. The summed E-state index contributed by atoms with van der Waals surface area (Å²) < 4.78 is 2.17. The van der Waals surface area contributed by atoms with Crippen LogP contribution in [0.25, 0.3) is 11.8 Å². The van der Waals surface area contributed by atoms with Crippen LogP contribution in [-0.2, 0) is 4.79 Å². The van der Waals surface area contributed by atoms with E-state index in [1.165, 1.54) is 24.5 Å². The molecule has 0 spiro atoms. The number of nitrogens with zero attached hydrogens (tertiary/aromatic N) is 2. The van der Waals surface area contributed by atoms with Gasteiger partial charge >= 0.3 is 0 Å². The fraction of sp³-hybridized carbons (Fsp3) is 0.188. The number of rotatable bonds is 3. The molecule has 0 bridgehead atoms. The summed E-state index contributed by atoms with van der Waals surface area (Å²) in [6, 6.07) is 12.1. The Bertz CT molecular complexity index is 617. The van der Waals surface area contributed by atoms with Gasteiger partial charge in [-0.2, -0.15) is 0 Å². The molecule has 0 saturated heterocycles. The molecule has 1 amide bonds. The molecule has 2 aromatic rings. The lowest BCUT2D eigenvalue weighted by molar-refractivity contribution is -0.153. The Labute approximate surface area is 118 Å². The van der Waals surface area contributed by atoms with Gasteiger partial charge in [-0.05, 0) is 49.8 Å².